The number of carboxylic acid groups (broad SMARTS) is 1. The van der Waals surface area contributed by atoms with Gasteiger partial charge in [0.1, 0.15) is 0 Å². The number of nitrogens with one attached hydrogen (secondary N) is 1. The minimum Gasteiger partial charge on any atom is -0.480 e. The Bertz CT molecular complexity index is 555. The first-order valence-corrected chi connectivity index (χ1v) is 5.70. The maximum atomic E-state index is 11.8. The minimum atomic E-state index is -1.45. The van der Waals surface area contributed by atoms with Crippen molar-refractivity contribution in [3.05, 3.63) is 39.4 Å². The number of nitro benzene ring substituents is 1. The van der Waals surface area contributed by atoms with Gasteiger partial charge in [-0.15, -0.1) is 0 Å². The number of nitro groups is 1. The molecule has 0 aliphatic rings. The second-order valence-corrected chi connectivity index (χ2v) is 4.29. The van der Waals surface area contributed by atoms with E-state index in [2.05, 4.69) is 5.32 Å². The van der Waals surface area contributed by atoms with Crippen LogP contribution in [-0.4, -0.2) is 39.2 Å². The fraction of sp³-hybridized carbons (Fsp3) is 0.333. The molecule has 0 bridgehead atoms. The predicted octanol–water partition coefficient (Wildman–Crippen LogP) is 0.467. The number of aryl methyl sites for hydroxylation is 1. The molecule has 108 valence electrons. The van der Waals surface area contributed by atoms with E-state index in [4.69, 9.17) is 5.11 Å². The lowest BCUT2D eigenvalue weighted by molar-refractivity contribution is -0.385. The van der Waals surface area contributed by atoms with Gasteiger partial charge in [0, 0.05) is 17.2 Å². The molecule has 0 radical (unpaired) electrons. The van der Waals surface area contributed by atoms with Crippen molar-refractivity contribution >= 4 is 17.6 Å². The summed E-state index contributed by atoms with van der Waals surface area (Å²) in [5.41, 5.74) is 0.235. The molecule has 0 unspecified atom stereocenters. The Morgan fingerprint density at radius 3 is 2.40 bits per heavy atom. The van der Waals surface area contributed by atoms with E-state index < -0.39 is 28.9 Å². The molecule has 8 nitrogen and oxygen atoms in total. The maximum Gasteiger partial charge on any atom is 0.328 e. The Labute approximate surface area is 114 Å². The van der Waals surface area contributed by atoms with Crippen LogP contribution in [0.2, 0.25) is 0 Å². The Morgan fingerprint density at radius 1 is 1.40 bits per heavy atom. The molecule has 0 saturated heterocycles. The van der Waals surface area contributed by atoms with Crippen molar-refractivity contribution < 1.29 is 24.7 Å². The molecule has 0 aliphatic heterocycles. The van der Waals surface area contributed by atoms with Crippen LogP contribution in [0.5, 0.6) is 0 Å². The van der Waals surface area contributed by atoms with Gasteiger partial charge in [-0.3, -0.25) is 14.9 Å². The van der Waals surface area contributed by atoms with Crippen LogP contribution in [-0.2, 0) is 4.79 Å². The van der Waals surface area contributed by atoms with E-state index in [1.165, 1.54) is 32.0 Å². The van der Waals surface area contributed by atoms with Gasteiger partial charge in [-0.25, -0.2) is 4.79 Å². The molecule has 1 aromatic carbocycles. The molecule has 1 aromatic rings. The lowest BCUT2D eigenvalue weighted by Gasteiger charge is -2.17. The number of aliphatic hydroxyl groups excluding tert-OH is 1. The molecule has 0 aliphatic carbocycles. The molecule has 0 saturated carbocycles. The van der Waals surface area contributed by atoms with E-state index in [0.717, 1.165) is 0 Å². The first kappa shape index (κ1) is 15.6. The summed E-state index contributed by atoms with van der Waals surface area (Å²) in [6, 6.07) is 2.23. The summed E-state index contributed by atoms with van der Waals surface area (Å²) in [7, 11) is 0. The number of rotatable bonds is 5. The molecular formula is C12H14N2O6. The van der Waals surface area contributed by atoms with Crippen LogP contribution in [0.1, 0.15) is 22.8 Å². The van der Waals surface area contributed by atoms with Crippen LogP contribution >= 0.6 is 0 Å². The molecule has 8 heteroatoms. The Morgan fingerprint density at radius 2 is 2.00 bits per heavy atom. The van der Waals surface area contributed by atoms with Gasteiger partial charge in [0.2, 0.25) is 0 Å². The number of benzene rings is 1. The summed E-state index contributed by atoms with van der Waals surface area (Å²) in [6.45, 7) is 2.71. The summed E-state index contributed by atoms with van der Waals surface area (Å²) in [4.78, 5) is 32.8. The highest BCUT2D eigenvalue weighted by Crippen LogP contribution is 2.18. The fourth-order valence-electron chi connectivity index (χ4n) is 1.61. The van der Waals surface area contributed by atoms with Gasteiger partial charge in [0.15, 0.2) is 6.04 Å². The smallest absolute Gasteiger partial charge is 0.328 e. The highest BCUT2D eigenvalue weighted by molar-refractivity contribution is 5.97. The topological polar surface area (TPSA) is 130 Å². The van der Waals surface area contributed by atoms with E-state index in [9.17, 15) is 24.8 Å². The zero-order valence-corrected chi connectivity index (χ0v) is 10.9. The van der Waals surface area contributed by atoms with Gasteiger partial charge >= 0.3 is 5.97 Å². The Balaban J connectivity index is 2.96. The second-order valence-electron chi connectivity index (χ2n) is 4.29. The first-order valence-electron chi connectivity index (χ1n) is 5.70. The molecule has 1 amide bonds. The monoisotopic (exact) mass is 282 g/mol. The highest BCUT2D eigenvalue weighted by atomic mass is 16.6. The molecular weight excluding hydrogens is 268 g/mol. The molecule has 1 rings (SSSR count). The van der Waals surface area contributed by atoms with Crippen molar-refractivity contribution in [3.63, 3.8) is 0 Å². The van der Waals surface area contributed by atoms with Crippen molar-refractivity contribution in [2.75, 3.05) is 0 Å². The largest absolute Gasteiger partial charge is 0.480 e. The third-order valence-electron chi connectivity index (χ3n) is 2.69. The highest BCUT2D eigenvalue weighted by Gasteiger charge is 2.25. The predicted molar refractivity (Wildman–Crippen MR) is 68.4 cm³/mol. The Kier molecular flexibility index (Phi) is 4.76. The minimum absolute atomic E-state index is 0.0833. The lowest BCUT2D eigenvalue weighted by atomic mass is 10.1. The molecule has 0 heterocycles. The van der Waals surface area contributed by atoms with Crippen molar-refractivity contribution in [3.8, 4) is 0 Å². The number of carbonyl (C=O) groups excluding carboxylic acids is 1. The average molecular weight is 282 g/mol. The quantitative estimate of drug-likeness (QED) is 0.531. The normalized spacial score (nSPS) is 13.3. The van der Waals surface area contributed by atoms with E-state index in [1.807, 2.05) is 0 Å². The summed E-state index contributed by atoms with van der Waals surface area (Å²) in [5.74, 6) is -2.09. The van der Waals surface area contributed by atoms with Gasteiger partial charge in [0.05, 0.1) is 11.0 Å². The SMILES string of the molecule is Cc1cc(C(=O)N[C@H](C(=O)O)[C@@H](C)O)ccc1[N+](=O)[O-]. The van der Waals surface area contributed by atoms with Crippen LogP contribution in [0, 0.1) is 17.0 Å². The molecule has 0 spiro atoms. The van der Waals surface area contributed by atoms with Crippen molar-refractivity contribution in [1.29, 1.82) is 0 Å². The summed E-state index contributed by atoms with van der Waals surface area (Å²) >= 11 is 0. The van der Waals surface area contributed by atoms with Gasteiger partial charge in [0.25, 0.3) is 11.6 Å². The van der Waals surface area contributed by atoms with E-state index >= 15 is 0 Å². The van der Waals surface area contributed by atoms with Crippen molar-refractivity contribution in [2.45, 2.75) is 26.0 Å². The molecule has 0 fully saturated rings. The van der Waals surface area contributed by atoms with Gasteiger partial charge < -0.3 is 15.5 Å². The molecule has 2 atom stereocenters. The van der Waals surface area contributed by atoms with Gasteiger partial charge in [-0.05, 0) is 26.0 Å². The standard InChI is InChI=1S/C12H14N2O6/c1-6-5-8(3-4-9(6)14(19)20)11(16)13-10(7(2)15)12(17)18/h3-5,7,10,15H,1-2H3,(H,13,16)(H,17,18)/t7-,10+/m1/s1. The van der Waals surface area contributed by atoms with E-state index in [0.29, 0.717) is 0 Å². The van der Waals surface area contributed by atoms with Crippen molar-refractivity contribution in [2.24, 2.45) is 0 Å². The number of nitrogens with zero attached hydrogens (tertiary/aromatic N) is 1. The molecule has 3 N–H and O–H groups in total. The Hall–Kier alpha value is -2.48. The summed E-state index contributed by atoms with van der Waals surface area (Å²) in [6.07, 6.45) is -1.27. The fourth-order valence-corrected chi connectivity index (χ4v) is 1.61. The summed E-state index contributed by atoms with van der Waals surface area (Å²) < 4.78 is 0. The average Bonchev–Trinajstić information content (AvgIpc) is 2.34. The molecule has 0 aromatic heterocycles. The summed E-state index contributed by atoms with van der Waals surface area (Å²) in [5, 5.41) is 30.9. The van der Waals surface area contributed by atoms with E-state index in [1.54, 1.807) is 0 Å². The number of carboxylic acids is 1. The number of aliphatic hydroxyl groups is 1. The van der Waals surface area contributed by atoms with Crippen LogP contribution in [0.25, 0.3) is 0 Å². The van der Waals surface area contributed by atoms with Gasteiger partial charge in [-0.1, -0.05) is 0 Å². The maximum absolute atomic E-state index is 11.8. The lowest BCUT2D eigenvalue weighted by Crippen LogP contribution is -2.47. The third kappa shape index (κ3) is 3.51. The van der Waals surface area contributed by atoms with Gasteiger partial charge in [-0.2, -0.15) is 0 Å². The van der Waals surface area contributed by atoms with Crippen LogP contribution < -0.4 is 5.32 Å². The van der Waals surface area contributed by atoms with Crippen LogP contribution in [0.4, 0.5) is 5.69 Å². The first-order chi connectivity index (χ1) is 9.23. The van der Waals surface area contributed by atoms with Crippen molar-refractivity contribution in [1.82, 2.24) is 5.32 Å². The zero-order chi connectivity index (χ0) is 15.4. The molecule has 20 heavy (non-hydrogen) atoms. The zero-order valence-electron chi connectivity index (χ0n) is 10.9. The van der Waals surface area contributed by atoms with E-state index in [-0.39, 0.29) is 16.8 Å². The number of amides is 1. The van der Waals surface area contributed by atoms with Crippen LogP contribution in [0.15, 0.2) is 18.2 Å². The third-order valence-corrected chi connectivity index (χ3v) is 2.69. The second kappa shape index (κ2) is 6.11. The number of hydrogen-bond donors (Lipinski definition) is 3. The number of hydrogen-bond acceptors (Lipinski definition) is 5. The van der Waals surface area contributed by atoms with Crippen LogP contribution in [0.3, 0.4) is 0 Å². The number of aliphatic carboxylic acids is 1. The number of carbonyl (C=O) groups is 2.